The summed E-state index contributed by atoms with van der Waals surface area (Å²) in [6, 6.07) is 7.12. The molecule has 0 fully saturated rings. The van der Waals surface area contributed by atoms with E-state index in [1.54, 1.807) is 26.0 Å². The predicted octanol–water partition coefficient (Wildman–Crippen LogP) is 2.53. The number of rotatable bonds is 4. The molecule has 0 aliphatic heterocycles. The van der Waals surface area contributed by atoms with Crippen LogP contribution < -0.4 is 5.73 Å². The lowest BCUT2D eigenvalue weighted by atomic mass is 10.2. The molecule has 1 aromatic carbocycles. The Kier molecular flexibility index (Phi) is 4.97. The van der Waals surface area contributed by atoms with E-state index in [2.05, 4.69) is 4.99 Å². The van der Waals surface area contributed by atoms with E-state index >= 15 is 0 Å². The lowest BCUT2D eigenvalue weighted by molar-refractivity contribution is -0.141. The molecule has 92 valence electrons. The molecule has 17 heavy (non-hydrogen) atoms. The third-order valence-corrected chi connectivity index (χ3v) is 2.59. The van der Waals surface area contributed by atoms with Crippen molar-refractivity contribution in [3.8, 4) is 0 Å². The summed E-state index contributed by atoms with van der Waals surface area (Å²) in [5.41, 5.74) is 7.34. The maximum atomic E-state index is 11.4. The van der Waals surface area contributed by atoms with Gasteiger partial charge in [0.05, 0.1) is 18.0 Å². The van der Waals surface area contributed by atoms with Gasteiger partial charge in [0.2, 0.25) is 0 Å². The number of hydrogen-bond acceptors (Lipinski definition) is 4. The van der Waals surface area contributed by atoms with Crippen molar-refractivity contribution in [3.05, 3.63) is 24.3 Å². The molecule has 1 rings (SSSR count). The third-order valence-electron chi connectivity index (χ3n) is 2.09. The van der Waals surface area contributed by atoms with E-state index in [0.29, 0.717) is 23.7 Å². The molecule has 1 unspecified atom stereocenters. The van der Waals surface area contributed by atoms with Crippen molar-refractivity contribution in [2.45, 2.75) is 19.2 Å². The van der Waals surface area contributed by atoms with Crippen molar-refractivity contribution in [1.29, 1.82) is 0 Å². The van der Waals surface area contributed by atoms with E-state index in [0.717, 1.165) is 0 Å². The van der Waals surface area contributed by atoms with Crippen LogP contribution in [0.25, 0.3) is 0 Å². The lowest BCUT2D eigenvalue weighted by Crippen LogP contribution is -2.24. The van der Waals surface area contributed by atoms with E-state index in [4.69, 9.17) is 22.1 Å². The van der Waals surface area contributed by atoms with Crippen LogP contribution in [0.3, 0.4) is 0 Å². The molecule has 0 spiro atoms. The summed E-state index contributed by atoms with van der Waals surface area (Å²) in [4.78, 5) is 15.6. The molecule has 2 N–H and O–H groups in total. The smallest absolute Gasteiger partial charge is 0.329 e. The standard InChI is InChI=1S/C12H15ClN2O2/c1-3-17-12(16)11(13)8(2)15-10-7-5-4-6-9(10)14/h4-7,11H,3,14H2,1-2H3. The van der Waals surface area contributed by atoms with Crippen LogP contribution in [0.4, 0.5) is 11.4 Å². The number of aliphatic imine (C=N–C) groups is 1. The van der Waals surface area contributed by atoms with Gasteiger partial charge in [0.1, 0.15) is 0 Å². The molecule has 0 amide bonds. The number of ether oxygens (including phenoxy) is 1. The highest BCUT2D eigenvalue weighted by molar-refractivity contribution is 6.41. The number of carbonyl (C=O) groups excluding carboxylic acids is 1. The van der Waals surface area contributed by atoms with Gasteiger partial charge in [-0.25, -0.2) is 0 Å². The first-order valence-electron chi connectivity index (χ1n) is 5.26. The molecule has 0 aliphatic carbocycles. The number of nitrogen functional groups attached to an aromatic ring is 1. The van der Waals surface area contributed by atoms with Gasteiger partial charge in [0, 0.05) is 5.71 Å². The van der Waals surface area contributed by atoms with Crippen molar-refractivity contribution in [1.82, 2.24) is 0 Å². The van der Waals surface area contributed by atoms with Gasteiger partial charge < -0.3 is 10.5 Å². The van der Waals surface area contributed by atoms with Crippen LogP contribution in [-0.2, 0) is 9.53 Å². The van der Waals surface area contributed by atoms with Crippen molar-refractivity contribution in [2.75, 3.05) is 12.3 Å². The zero-order chi connectivity index (χ0) is 12.8. The summed E-state index contributed by atoms with van der Waals surface area (Å²) in [5.74, 6) is -0.495. The van der Waals surface area contributed by atoms with Gasteiger partial charge in [-0.15, -0.1) is 11.6 Å². The highest BCUT2D eigenvalue weighted by Gasteiger charge is 2.19. The van der Waals surface area contributed by atoms with Crippen molar-refractivity contribution in [2.24, 2.45) is 4.99 Å². The number of esters is 1. The zero-order valence-corrected chi connectivity index (χ0v) is 10.6. The van der Waals surface area contributed by atoms with Crippen LogP contribution in [0.15, 0.2) is 29.3 Å². The Morgan fingerprint density at radius 2 is 2.18 bits per heavy atom. The first-order chi connectivity index (χ1) is 8.06. The Morgan fingerprint density at radius 3 is 2.76 bits per heavy atom. The zero-order valence-electron chi connectivity index (χ0n) is 9.81. The summed E-state index contributed by atoms with van der Waals surface area (Å²) in [6.07, 6.45) is 0. The Balaban J connectivity index is 2.86. The van der Waals surface area contributed by atoms with Crippen LogP contribution in [-0.4, -0.2) is 23.7 Å². The Bertz CT molecular complexity index is 432. The Morgan fingerprint density at radius 1 is 1.53 bits per heavy atom. The molecule has 1 aromatic rings. The first kappa shape index (κ1) is 13.5. The molecule has 0 radical (unpaired) electrons. The van der Waals surface area contributed by atoms with Gasteiger partial charge in [-0.3, -0.25) is 9.79 Å². The molecule has 0 saturated heterocycles. The third kappa shape index (κ3) is 3.75. The Hall–Kier alpha value is -1.55. The highest BCUT2D eigenvalue weighted by atomic mass is 35.5. The van der Waals surface area contributed by atoms with E-state index < -0.39 is 11.3 Å². The van der Waals surface area contributed by atoms with E-state index in [1.807, 2.05) is 12.1 Å². The summed E-state index contributed by atoms with van der Waals surface area (Å²) in [5, 5.41) is -0.880. The number of halogens is 1. The van der Waals surface area contributed by atoms with Gasteiger partial charge in [-0.1, -0.05) is 12.1 Å². The van der Waals surface area contributed by atoms with Gasteiger partial charge in [0.25, 0.3) is 0 Å². The second-order valence-electron chi connectivity index (χ2n) is 3.43. The highest BCUT2D eigenvalue weighted by Crippen LogP contribution is 2.21. The van der Waals surface area contributed by atoms with Gasteiger partial charge in [-0.2, -0.15) is 0 Å². The average molecular weight is 255 g/mol. The molecule has 0 bridgehead atoms. The first-order valence-corrected chi connectivity index (χ1v) is 5.70. The number of alkyl halides is 1. The maximum Gasteiger partial charge on any atom is 0.329 e. The number of carbonyl (C=O) groups is 1. The summed E-state index contributed by atoms with van der Waals surface area (Å²) in [7, 11) is 0. The topological polar surface area (TPSA) is 64.7 Å². The molecule has 4 nitrogen and oxygen atoms in total. The number of nitrogens with two attached hydrogens (primary N) is 1. The minimum atomic E-state index is -0.880. The van der Waals surface area contributed by atoms with Gasteiger partial charge >= 0.3 is 5.97 Å². The van der Waals surface area contributed by atoms with Crippen molar-refractivity contribution >= 4 is 34.7 Å². The molecule has 0 saturated carbocycles. The second-order valence-corrected chi connectivity index (χ2v) is 3.86. The minimum Gasteiger partial charge on any atom is -0.465 e. The van der Waals surface area contributed by atoms with Crippen molar-refractivity contribution < 1.29 is 9.53 Å². The molecule has 0 aromatic heterocycles. The number of anilines is 1. The fraction of sp³-hybridized carbons (Fsp3) is 0.333. The van der Waals surface area contributed by atoms with Crippen LogP contribution >= 0.6 is 11.6 Å². The predicted molar refractivity (Wildman–Crippen MR) is 69.9 cm³/mol. The molecule has 5 heteroatoms. The molecular formula is C12H15ClN2O2. The molecule has 0 aliphatic rings. The largest absolute Gasteiger partial charge is 0.465 e. The lowest BCUT2D eigenvalue weighted by Gasteiger charge is -2.08. The van der Waals surface area contributed by atoms with Crippen LogP contribution in [0.5, 0.6) is 0 Å². The molecular weight excluding hydrogens is 240 g/mol. The van der Waals surface area contributed by atoms with Crippen LogP contribution in [0.2, 0.25) is 0 Å². The fourth-order valence-corrected chi connectivity index (χ4v) is 1.33. The van der Waals surface area contributed by atoms with Crippen LogP contribution in [0.1, 0.15) is 13.8 Å². The van der Waals surface area contributed by atoms with Gasteiger partial charge in [-0.05, 0) is 26.0 Å². The van der Waals surface area contributed by atoms with E-state index in [-0.39, 0.29) is 0 Å². The Labute approximate surface area is 105 Å². The fourth-order valence-electron chi connectivity index (χ4n) is 1.22. The monoisotopic (exact) mass is 254 g/mol. The van der Waals surface area contributed by atoms with Gasteiger partial charge in [0.15, 0.2) is 5.38 Å². The number of para-hydroxylation sites is 2. The second kappa shape index (κ2) is 6.25. The summed E-state index contributed by atoms with van der Waals surface area (Å²) in [6.45, 7) is 3.69. The number of nitrogens with zero attached hydrogens (tertiary/aromatic N) is 1. The van der Waals surface area contributed by atoms with E-state index in [9.17, 15) is 4.79 Å². The number of benzene rings is 1. The van der Waals surface area contributed by atoms with E-state index in [1.165, 1.54) is 0 Å². The normalized spacial score (nSPS) is 13.2. The maximum absolute atomic E-state index is 11.4. The SMILES string of the molecule is CCOC(=O)C(Cl)C(C)=Nc1ccccc1N. The minimum absolute atomic E-state index is 0.294. The average Bonchev–Trinajstić information content (AvgIpc) is 2.31. The molecule has 0 heterocycles. The number of hydrogen-bond donors (Lipinski definition) is 1. The quantitative estimate of drug-likeness (QED) is 0.389. The molecule has 1 atom stereocenters. The van der Waals surface area contributed by atoms with Crippen molar-refractivity contribution in [3.63, 3.8) is 0 Å². The van der Waals surface area contributed by atoms with Crippen LogP contribution in [0, 0.1) is 0 Å². The summed E-state index contributed by atoms with van der Waals surface area (Å²) < 4.78 is 4.81. The summed E-state index contributed by atoms with van der Waals surface area (Å²) >= 11 is 5.92.